The van der Waals surface area contributed by atoms with Gasteiger partial charge >= 0.3 is 6.03 Å². The number of aryl methyl sites for hydroxylation is 1. The fourth-order valence-corrected chi connectivity index (χ4v) is 0.974. The average molecular weight is 213 g/mol. The zero-order chi connectivity index (χ0) is 11.1. The molecule has 15 heavy (non-hydrogen) atoms. The molecule has 0 radical (unpaired) electrons. The van der Waals surface area contributed by atoms with Crippen LogP contribution in [0.15, 0.2) is 6.33 Å². The van der Waals surface area contributed by atoms with Crippen molar-refractivity contribution in [1.29, 1.82) is 0 Å². The van der Waals surface area contributed by atoms with Gasteiger partial charge in [-0.25, -0.2) is 9.48 Å². The number of nitrogens with one attached hydrogen (secondary N) is 2. The van der Waals surface area contributed by atoms with Gasteiger partial charge in [0.25, 0.3) is 0 Å². The summed E-state index contributed by atoms with van der Waals surface area (Å²) in [6.45, 7) is 1.20. The number of rotatable bonds is 5. The lowest BCUT2D eigenvalue weighted by Gasteiger charge is -2.05. The van der Waals surface area contributed by atoms with Gasteiger partial charge in [-0.3, -0.25) is 5.32 Å². The van der Waals surface area contributed by atoms with Gasteiger partial charge in [0, 0.05) is 27.3 Å². The van der Waals surface area contributed by atoms with Crippen molar-refractivity contribution in [2.45, 2.75) is 6.42 Å². The SMILES string of the molecule is COCCCNC(=O)Nc1ncnn1C. The molecular formula is C8H15N5O2. The predicted octanol–water partition coefficient (Wildman–Crippen LogP) is -0.0269. The van der Waals surface area contributed by atoms with Gasteiger partial charge < -0.3 is 10.1 Å². The van der Waals surface area contributed by atoms with Gasteiger partial charge in [0.1, 0.15) is 6.33 Å². The lowest BCUT2D eigenvalue weighted by molar-refractivity contribution is 0.194. The molecule has 0 saturated carbocycles. The van der Waals surface area contributed by atoms with Crippen molar-refractivity contribution in [3.05, 3.63) is 6.33 Å². The van der Waals surface area contributed by atoms with E-state index in [0.717, 1.165) is 6.42 Å². The van der Waals surface area contributed by atoms with Crippen molar-refractivity contribution in [2.75, 3.05) is 25.6 Å². The molecule has 0 spiro atoms. The van der Waals surface area contributed by atoms with Crippen LogP contribution in [0, 0.1) is 0 Å². The van der Waals surface area contributed by atoms with E-state index in [2.05, 4.69) is 20.7 Å². The molecule has 0 aromatic carbocycles. The fraction of sp³-hybridized carbons (Fsp3) is 0.625. The third-order valence-corrected chi connectivity index (χ3v) is 1.75. The van der Waals surface area contributed by atoms with Crippen molar-refractivity contribution >= 4 is 12.0 Å². The number of carbonyl (C=O) groups is 1. The molecule has 1 heterocycles. The Bertz CT molecular complexity index is 312. The maximum atomic E-state index is 11.3. The smallest absolute Gasteiger partial charge is 0.321 e. The Balaban J connectivity index is 2.22. The Morgan fingerprint density at radius 2 is 2.47 bits per heavy atom. The first-order chi connectivity index (χ1) is 7.24. The van der Waals surface area contributed by atoms with Crippen LogP contribution >= 0.6 is 0 Å². The molecule has 0 aliphatic heterocycles. The van der Waals surface area contributed by atoms with Crippen molar-refractivity contribution in [3.8, 4) is 0 Å². The summed E-state index contributed by atoms with van der Waals surface area (Å²) in [5, 5.41) is 9.06. The second-order valence-electron chi connectivity index (χ2n) is 2.93. The van der Waals surface area contributed by atoms with Crippen LogP contribution in [0.25, 0.3) is 0 Å². The minimum absolute atomic E-state index is 0.290. The van der Waals surface area contributed by atoms with Crippen LogP contribution in [0.1, 0.15) is 6.42 Å². The highest BCUT2D eigenvalue weighted by molar-refractivity contribution is 5.87. The molecule has 7 heteroatoms. The maximum absolute atomic E-state index is 11.3. The summed E-state index contributed by atoms with van der Waals surface area (Å²) in [6.07, 6.45) is 2.16. The quantitative estimate of drug-likeness (QED) is 0.673. The molecule has 1 rings (SSSR count). The van der Waals surface area contributed by atoms with Crippen molar-refractivity contribution in [3.63, 3.8) is 0 Å². The molecule has 0 atom stereocenters. The van der Waals surface area contributed by atoms with E-state index in [1.54, 1.807) is 14.2 Å². The number of aromatic nitrogens is 3. The third kappa shape index (κ3) is 3.94. The largest absolute Gasteiger partial charge is 0.385 e. The molecule has 2 N–H and O–H groups in total. The Morgan fingerprint density at radius 3 is 3.07 bits per heavy atom. The van der Waals surface area contributed by atoms with Gasteiger partial charge in [0.2, 0.25) is 5.95 Å². The Hall–Kier alpha value is -1.63. The van der Waals surface area contributed by atoms with Gasteiger partial charge in [-0.15, -0.1) is 0 Å². The van der Waals surface area contributed by atoms with E-state index in [-0.39, 0.29) is 6.03 Å². The van der Waals surface area contributed by atoms with Crippen LogP contribution in [-0.2, 0) is 11.8 Å². The summed E-state index contributed by atoms with van der Waals surface area (Å²) in [5.41, 5.74) is 0. The number of hydrogen-bond donors (Lipinski definition) is 2. The number of nitrogens with zero attached hydrogens (tertiary/aromatic N) is 3. The number of methoxy groups -OCH3 is 1. The normalized spacial score (nSPS) is 10.0. The third-order valence-electron chi connectivity index (χ3n) is 1.75. The molecule has 0 unspecified atom stereocenters. The lowest BCUT2D eigenvalue weighted by atomic mass is 10.4. The van der Waals surface area contributed by atoms with E-state index < -0.39 is 0 Å². The molecule has 1 aromatic rings. The topological polar surface area (TPSA) is 81.1 Å². The minimum Gasteiger partial charge on any atom is -0.385 e. The molecular weight excluding hydrogens is 198 g/mol. The van der Waals surface area contributed by atoms with Crippen LogP contribution in [0.4, 0.5) is 10.7 Å². The van der Waals surface area contributed by atoms with Crippen molar-refractivity contribution in [1.82, 2.24) is 20.1 Å². The van der Waals surface area contributed by atoms with Gasteiger partial charge in [-0.1, -0.05) is 0 Å². The second kappa shape index (κ2) is 5.97. The van der Waals surface area contributed by atoms with E-state index >= 15 is 0 Å². The van der Waals surface area contributed by atoms with Crippen LogP contribution in [0.5, 0.6) is 0 Å². The minimum atomic E-state index is -0.290. The summed E-state index contributed by atoms with van der Waals surface area (Å²) in [6, 6.07) is -0.290. The van der Waals surface area contributed by atoms with Crippen LogP contribution in [-0.4, -0.2) is 41.1 Å². The molecule has 84 valence electrons. The summed E-state index contributed by atoms with van der Waals surface area (Å²) < 4.78 is 6.33. The number of amides is 2. The summed E-state index contributed by atoms with van der Waals surface area (Å²) in [5.74, 6) is 0.416. The van der Waals surface area contributed by atoms with Crippen LogP contribution in [0.2, 0.25) is 0 Å². The highest BCUT2D eigenvalue weighted by Crippen LogP contribution is 1.96. The zero-order valence-electron chi connectivity index (χ0n) is 8.86. The average Bonchev–Trinajstić information content (AvgIpc) is 2.59. The molecule has 0 aliphatic carbocycles. The summed E-state index contributed by atoms with van der Waals surface area (Å²) in [7, 11) is 3.33. The number of hydrogen-bond acceptors (Lipinski definition) is 4. The standard InChI is InChI=1S/C8H15N5O2/c1-13-7(10-6-11-13)12-8(14)9-4-3-5-15-2/h6H,3-5H2,1-2H3,(H2,9,10,11,12,14). The number of anilines is 1. The molecule has 0 saturated heterocycles. The van der Waals surface area contributed by atoms with Crippen LogP contribution in [0.3, 0.4) is 0 Å². The van der Waals surface area contributed by atoms with E-state index in [0.29, 0.717) is 19.1 Å². The summed E-state index contributed by atoms with van der Waals surface area (Å²) >= 11 is 0. The zero-order valence-corrected chi connectivity index (χ0v) is 8.86. The predicted molar refractivity (Wildman–Crippen MR) is 54.5 cm³/mol. The van der Waals surface area contributed by atoms with Crippen LogP contribution < -0.4 is 10.6 Å². The van der Waals surface area contributed by atoms with Gasteiger partial charge in [-0.2, -0.15) is 10.1 Å². The van der Waals surface area contributed by atoms with Crippen molar-refractivity contribution < 1.29 is 9.53 Å². The lowest BCUT2D eigenvalue weighted by Crippen LogP contribution is -2.31. The molecule has 1 aromatic heterocycles. The number of carbonyl (C=O) groups excluding carboxylic acids is 1. The molecule has 7 nitrogen and oxygen atoms in total. The molecule has 0 aliphatic rings. The Morgan fingerprint density at radius 1 is 1.67 bits per heavy atom. The Kier molecular flexibility index (Phi) is 4.55. The maximum Gasteiger partial charge on any atom is 0.321 e. The summed E-state index contributed by atoms with van der Waals surface area (Å²) in [4.78, 5) is 15.1. The van der Waals surface area contributed by atoms with Crippen molar-refractivity contribution in [2.24, 2.45) is 7.05 Å². The molecule has 0 fully saturated rings. The monoisotopic (exact) mass is 213 g/mol. The second-order valence-corrected chi connectivity index (χ2v) is 2.93. The van der Waals surface area contributed by atoms with Gasteiger partial charge in [-0.05, 0) is 6.42 Å². The van der Waals surface area contributed by atoms with E-state index in [9.17, 15) is 4.79 Å². The molecule has 2 amide bonds. The fourth-order valence-electron chi connectivity index (χ4n) is 0.974. The van der Waals surface area contributed by atoms with E-state index in [1.807, 2.05) is 0 Å². The number of urea groups is 1. The first-order valence-corrected chi connectivity index (χ1v) is 4.62. The Labute approximate surface area is 87.8 Å². The first kappa shape index (κ1) is 11.4. The highest BCUT2D eigenvalue weighted by atomic mass is 16.5. The van der Waals surface area contributed by atoms with Gasteiger partial charge in [0.15, 0.2) is 0 Å². The molecule has 0 bridgehead atoms. The first-order valence-electron chi connectivity index (χ1n) is 4.62. The van der Waals surface area contributed by atoms with E-state index in [1.165, 1.54) is 11.0 Å². The van der Waals surface area contributed by atoms with E-state index in [4.69, 9.17) is 4.74 Å². The van der Waals surface area contributed by atoms with Gasteiger partial charge in [0.05, 0.1) is 0 Å². The number of ether oxygens (including phenoxy) is 1. The highest BCUT2D eigenvalue weighted by Gasteiger charge is 2.04.